The number of rotatable bonds is 1. The van der Waals surface area contributed by atoms with Gasteiger partial charge < -0.3 is 4.74 Å². The van der Waals surface area contributed by atoms with E-state index in [1.54, 1.807) is 12.1 Å². The first-order chi connectivity index (χ1) is 13.3. The molecule has 0 radical (unpaired) electrons. The van der Waals surface area contributed by atoms with Gasteiger partial charge in [0.25, 0.3) is 0 Å². The second kappa shape index (κ2) is 6.06. The first-order valence-corrected chi connectivity index (χ1v) is 10.2. The maximum Gasteiger partial charge on any atom is 0.416 e. The molecule has 1 atom stereocenters. The fourth-order valence-electron chi connectivity index (χ4n) is 5.32. The predicted octanol–water partition coefficient (Wildman–Crippen LogP) is 6.04. The zero-order valence-electron chi connectivity index (χ0n) is 16.0. The van der Waals surface area contributed by atoms with E-state index in [0.29, 0.717) is 0 Å². The van der Waals surface area contributed by atoms with Crippen LogP contribution in [0.25, 0.3) is 0 Å². The van der Waals surface area contributed by atoms with Crippen molar-refractivity contribution >= 4 is 0 Å². The highest BCUT2D eigenvalue weighted by molar-refractivity contribution is 5.48. The molecular formula is C23H24F3NO. The van der Waals surface area contributed by atoms with Gasteiger partial charge in [0.15, 0.2) is 0 Å². The largest absolute Gasteiger partial charge is 0.416 e. The maximum atomic E-state index is 13.0. The molecule has 2 heterocycles. The predicted molar refractivity (Wildman–Crippen MR) is 100 cm³/mol. The van der Waals surface area contributed by atoms with Gasteiger partial charge in [0.2, 0.25) is 0 Å². The molecule has 148 valence electrons. The Bertz CT molecular complexity index is 913. The van der Waals surface area contributed by atoms with Crippen LogP contribution < -0.4 is 0 Å². The van der Waals surface area contributed by atoms with E-state index in [4.69, 9.17) is 9.72 Å². The number of nitrogens with zero attached hydrogens (tertiary/aromatic N) is 1. The van der Waals surface area contributed by atoms with Crippen LogP contribution in [0, 0.1) is 0 Å². The van der Waals surface area contributed by atoms with E-state index in [0.717, 1.165) is 73.9 Å². The van der Waals surface area contributed by atoms with Crippen molar-refractivity contribution in [3.63, 3.8) is 0 Å². The molecule has 5 rings (SSSR count). The van der Waals surface area contributed by atoms with E-state index in [-0.39, 0.29) is 5.60 Å². The topological polar surface area (TPSA) is 22.1 Å². The average molecular weight is 387 g/mol. The summed E-state index contributed by atoms with van der Waals surface area (Å²) in [6.07, 6.45) is 4.09. The van der Waals surface area contributed by atoms with Crippen molar-refractivity contribution in [1.29, 1.82) is 0 Å². The molecule has 0 saturated heterocycles. The Morgan fingerprint density at radius 3 is 2.32 bits per heavy atom. The van der Waals surface area contributed by atoms with Crippen molar-refractivity contribution in [3.8, 4) is 0 Å². The minimum Gasteiger partial charge on any atom is -0.353 e. The number of pyridine rings is 1. The van der Waals surface area contributed by atoms with Crippen LogP contribution in [0.1, 0.15) is 79.1 Å². The summed E-state index contributed by atoms with van der Waals surface area (Å²) in [5, 5.41) is 0. The summed E-state index contributed by atoms with van der Waals surface area (Å²) in [5.74, 6) is 0. The zero-order chi connectivity index (χ0) is 19.6. The normalized spacial score (nSPS) is 25.7. The Morgan fingerprint density at radius 1 is 0.964 bits per heavy atom. The molecule has 3 aliphatic rings. The molecule has 0 amide bonds. The van der Waals surface area contributed by atoms with Gasteiger partial charge in [-0.2, -0.15) is 13.2 Å². The number of fused-ring (bicyclic) bond motifs is 3. The molecule has 1 aromatic heterocycles. The van der Waals surface area contributed by atoms with Crippen LogP contribution in [0.2, 0.25) is 0 Å². The van der Waals surface area contributed by atoms with Crippen LogP contribution in [-0.4, -0.2) is 4.98 Å². The minimum atomic E-state index is -4.33. The molecule has 2 nitrogen and oxygen atoms in total. The first-order valence-electron chi connectivity index (χ1n) is 10.2. The molecule has 28 heavy (non-hydrogen) atoms. The molecular weight excluding hydrogens is 363 g/mol. The third-order valence-corrected chi connectivity index (χ3v) is 6.82. The smallest absolute Gasteiger partial charge is 0.353 e. The lowest BCUT2D eigenvalue weighted by Crippen LogP contribution is -2.29. The molecule has 5 heteroatoms. The minimum absolute atomic E-state index is 0.390. The highest BCUT2D eigenvalue weighted by Gasteiger charge is 2.54. The maximum absolute atomic E-state index is 13.0. The lowest BCUT2D eigenvalue weighted by molar-refractivity contribution is -0.137. The van der Waals surface area contributed by atoms with Crippen molar-refractivity contribution in [2.75, 3.05) is 0 Å². The zero-order valence-corrected chi connectivity index (χ0v) is 16.0. The standard InChI is InChI=1S/C23H24F3NO/c1-21(16-8-10-17(11-9-16)23(24,25)26)18-14-15-6-2-3-7-19(15)27-20(18)22(28-21)12-4-5-13-22/h8-11,14H,2-7,12-13H2,1H3. The van der Waals surface area contributed by atoms with E-state index in [2.05, 4.69) is 6.07 Å². The van der Waals surface area contributed by atoms with Gasteiger partial charge in [0.05, 0.1) is 11.3 Å². The van der Waals surface area contributed by atoms with Gasteiger partial charge in [-0.25, -0.2) is 0 Å². The molecule has 1 aromatic carbocycles. The summed E-state index contributed by atoms with van der Waals surface area (Å²) in [5.41, 5.74) is 3.55. The van der Waals surface area contributed by atoms with Gasteiger partial charge in [0, 0.05) is 11.3 Å². The Morgan fingerprint density at radius 2 is 1.64 bits per heavy atom. The van der Waals surface area contributed by atoms with E-state index in [1.165, 1.54) is 17.7 Å². The van der Waals surface area contributed by atoms with E-state index in [9.17, 15) is 13.2 Å². The van der Waals surface area contributed by atoms with Gasteiger partial charge in [-0.3, -0.25) is 4.98 Å². The molecule has 1 aliphatic heterocycles. The Balaban J connectivity index is 1.65. The Labute approximate surface area is 163 Å². The second-order valence-electron chi connectivity index (χ2n) is 8.61. The van der Waals surface area contributed by atoms with Crippen LogP contribution in [0.3, 0.4) is 0 Å². The van der Waals surface area contributed by atoms with E-state index in [1.807, 2.05) is 6.92 Å². The molecule has 1 unspecified atom stereocenters. The van der Waals surface area contributed by atoms with E-state index >= 15 is 0 Å². The fraction of sp³-hybridized carbons (Fsp3) is 0.522. The van der Waals surface area contributed by atoms with Crippen molar-refractivity contribution in [2.24, 2.45) is 0 Å². The van der Waals surface area contributed by atoms with Crippen molar-refractivity contribution < 1.29 is 17.9 Å². The van der Waals surface area contributed by atoms with Crippen LogP contribution in [0.5, 0.6) is 0 Å². The number of benzene rings is 1. The molecule has 1 saturated carbocycles. The SMILES string of the molecule is CC1(c2ccc(C(F)(F)F)cc2)OC2(CCCC2)c2nc3c(cc21)CCCC3. The lowest BCUT2D eigenvalue weighted by Gasteiger charge is -2.31. The number of alkyl halides is 3. The molecule has 2 aromatic rings. The Hall–Kier alpha value is -1.88. The number of aromatic nitrogens is 1. The number of aryl methyl sites for hydroxylation is 2. The van der Waals surface area contributed by atoms with Crippen molar-refractivity contribution in [3.05, 3.63) is 64.0 Å². The number of hydrogen-bond donors (Lipinski definition) is 0. The van der Waals surface area contributed by atoms with Crippen LogP contribution in [-0.2, 0) is 35.0 Å². The summed E-state index contributed by atoms with van der Waals surface area (Å²) in [7, 11) is 0. The van der Waals surface area contributed by atoms with E-state index < -0.39 is 17.3 Å². The van der Waals surface area contributed by atoms with Gasteiger partial charge in [-0.05, 0) is 74.8 Å². The number of ether oxygens (including phenoxy) is 1. The van der Waals surface area contributed by atoms with Crippen LogP contribution in [0.15, 0.2) is 30.3 Å². The van der Waals surface area contributed by atoms with Crippen LogP contribution in [0.4, 0.5) is 13.2 Å². The fourth-order valence-corrected chi connectivity index (χ4v) is 5.32. The summed E-state index contributed by atoms with van der Waals surface area (Å²) >= 11 is 0. The third-order valence-electron chi connectivity index (χ3n) is 6.82. The highest BCUT2D eigenvalue weighted by Crippen LogP contribution is 2.56. The van der Waals surface area contributed by atoms with Gasteiger partial charge in [-0.15, -0.1) is 0 Å². The monoisotopic (exact) mass is 387 g/mol. The van der Waals surface area contributed by atoms with Gasteiger partial charge >= 0.3 is 6.18 Å². The summed E-state index contributed by atoms with van der Waals surface area (Å²) in [6, 6.07) is 7.70. The molecule has 2 aliphatic carbocycles. The molecule has 0 N–H and O–H groups in total. The summed E-state index contributed by atoms with van der Waals surface area (Å²) < 4.78 is 45.8. The molecule has 1 spiro atoms. The highest BCUT2D eigenvalue weighted by atomic mass is 19.4. The molecule has 1 fully saturated rings. The molecule has 0 bridgehead atoms. The summed E-state index contributed by atoms with van der Waals surface area (Å²) in [4.78, 5) is 5.10. The average Bonchev–Trinajstić information content (AvgIpc) is 3.24. The summed E-state index contributed by atoms with van der Waals surface area (Å²) in [6.45, 7) is 2.00. The van der Waals surface area contributed by atoms with Crippen molar-refractivity contribution in [2.45, 2.75) is 75.7 Å². The van der Waals surface area contributed by atoms with Gasteiger partial charge in [-0.1, -0.05) is 25.0 Å². The van der Waals surface area contributed by atoms with Gasteiger partial charge in [0.1, 0.15) is 11.2 Å². The number of halogens is 3. The van der Waals surface area contributed by atoms with Crippen molar-refractivity contribution in [1.82, 2.24) is 4.98 Å². The first kappa shape index (κ1) is 18.2. The second-order valence-corrected chi connectivity index (χ2v) is 8.61. The van der Waals surface area contributed by atoms with Crippen LogP contribution >= 0.6 is 0 Å². The quantitative estimate of drug-likeness (QED) is 0.595. The Kier molecular flexibility index (Phi) is 3.93. The number of hydrogen-bond acceptors (Lipinski definition) is 2. The lowest BCUT2D eigenvalue weighted by atomic mass is 9.83. The third kappa shape index (κ3) is 2.62.